The molecule has 0 radical (unpaired) electrons. The van der Waals surface area contributed by atoms with Crippen molar-refractivity contribution in [3.05, 3.63) is 71.3 Å². The van der Waals surface area contributed by atoms with Crippen molar-refractivity contribution < 1.29 is 19.7 Å². The first-order chi connectivity index (χ1) is 12.1. The van der Waals surface area contributed by atoms with Gasteiger partial charge in [-0.25, -0.2) is 4.79 Å². The van der Waals surface area contributed by atoms with Gasteiger partial charge in [0.15, 0.2) is 0 Å². The standard InChI is InChI=1S/C19H24N2O4/c20-12-15-7-4-8-16(11-15)18(23)17(22)9-10-21-19(24)25-13-14-5-2-1-3-6-14/h1-8,11,17-18,22-23H,9-10,12-13,20H2,(H,21,24). The van der Waals surface area contributed by atoms with E-state index in [4.69, 9.17) is 10.5 Å². The fourth-order valence-electron chi connectivity index (χ4n) is 2.38. The monoisotopic (exact) mass is 344 g/mol. The molecule has 0 spiro atoms. The number of rotatable bonds is 8. The van der Waals surface area contributed by atoms with E-state index in [0.717, 1.165) is 11.1 Å². The fourth-order valence-corrected chi connectivity index (χ4v) is 2.38. The van der Waals surface area contributed by atoms with Gasteiger partial charge in [-0.2, -0.15) is 0 Å². The van der Waals surface area contributed by atoms with Crippen molar-refractivity contribution in [2.24, 2.45) is 5.73 Å². The minimum Gasteiger partial charge on any atom is -0.445 e. The molecule has 0 saturated heterocycles. The Morgan fingerprint density at radius 1 is 1.08 bits per heavy atom. The van der Waals surface area contributed by atoms with Crippen LogP contribution in [0.3, 0.4) is 0 Å². The van der Waals surface area contributed by atoms with Crippen molar-refractivity contribution >= 4 is 6.09 Å². The average Bonchev–Trinajstić information content (AvgIpc) is 2.66. The van der Waals surface area contributed by atoms with E-state index < -0.39 is 18.3 Å². The quantitative estimate of drug-likeness (QED) is 0.585. The molecule has 25 heavy (non-hydrogen) atoms. The summed E-state index contributed by atoms with van der Waals surface area (Å²) in [6.45, 7) is 0.748. The van der Waals surface area contributed by atoms with Gasteiger partial charge in [-0.3, -0.25) is 0 Å². The van der Waals surface area contributed by atoms with Gasteiger partial charge < -0.3 is 26.0 Å². The van der Waals surface area contributed by atoms with E-state index in [1.165, 1.54) is 0 Å². The molecule has 2 atom stereocenters. The Hall–Kier alpha value is -2.41. The Bertz CT molecular complexity index is 663. The molecule has 2 rings (SSSR count). The number of amides is 1. The van der Waals surface area contributed by atoms with E-state index in [9.17, 15) is 15.0 Å². The molecule has 5 N–H and O–H groups in total. The summed E-state index contributed by atoms with van der Waals surface area (Å²) in [7, 11) is 0. The molecule has 0 bridgehead atoms. The zero-order valence-corrected chi connectivity index (χ0v) is 14.0. The third-order valence-corrected chi connectivity index (χ3v) is 3.81. The first kappa shape index (κ1) is 18.9. The molecule has 0 saturated carbocycles. The van der Waals surface area contributed by atoms with Crippen LogP contribution in [0, 0.1) is 0 Å². The summed E-state index contributed by atoms with van der Waals surface area (Å²) in [5, 5.41) is 22.8. The van der Waals surface area contributed by atoms with E-state index in [2.05, 4.69) is 5.32 Å². The van der Waals surface area contributed by atoms with Gasteiger partial charge in [-0.15, -0.1) is 0 Å². The normalized spacial score (nSPS) is 13.1. The number of carbonyl (C=O) groups excluding carboxylic acids is 1. The van der Waals surface area contributed by atoms with Crippen molar-refractivity contribution in [3.63, 3.8) is 0 Å². The van der Waals surface area contributed by atoms with Crippen LogP contribution < -0.4 is 11.1 Å². The van der Waals surface area contributed by atoms with Crippen molar-refractivity contribution in [1.29, 1.82) is 0 Å². The van der Waals surface area contributed by atoms with E-state index in [0.29, 0.717) is 12.1 Å². The molecule has 0 aliphatic heterocycles. The summed E-state index contributed by atoms with van der Waals surface area (Å²) in [4.78, 5) is 11.6. The second kappa shape index (κ2) is 9.78. The van der Waals surface area contributed by atoms with Crippen LogP contribution in [0.15, 0.2) is 54.6 Å². The Labute approximate surface area is 147 Å². The molecule has 0 aliphatic rings. The molecule has 0 aromatic heterocycles. The molecule has 1 amide bonds. The van der Waals surface area contributed by atoms with Crippen molar-refractivity contribution in [2.45, 2.75) is 31.8 Å². The predicted octanol–water partition coefficient (Wildman–Crippen LogP) is 1.86. The smallest absolute Gasteiger partial charge is 0.407 e. The Morgan fingerprint density at radius 3 is 2.52 bits per heavy atom. The van der Waals surface area contributed by atoms with Gasteiger partial charge in [0.25, 0.3) is 0 Å². The number of carbonyl (C=O) groups is 1. The largest absolute Gasteiger partial charge is 0.445 e. The van der Waals surface area contributed by atoms with Gasteiger partial charge in [-0.1, -0.05) is 54.6 Å². The predicted molar refractivity (Wildman–Crippen MR) is 94.5 cm³/mol. The van der Waals surface area contributed by atoms with Crippen LogP contribution in [0.1, 0.15) is 29.2 Å². The third kappa shape index (κ3) is 6.19. The van der Waals surface area contributed by atoms with E-state index in [1.54, 1.807) is 18.2 Å². The minimum atomic E-state index is -1.03. The molecule has 134 valence electrons. The maximum absolute atomic E-state index is 11.6. The maximum atomic E-state index is 11.6. The highest BCUT2D eigenvalue weighted by Crippen LogP contribution is 2.19. The molecule has 0 fully saturated rings. The molecule has 2 aromatic carbocycles. The van der Waals surface area contributed by atoms with Gasteiger partial charge in [0.2, 0.25) is 0 Å². The van der Waals surface area contributed by atoms with Crippen LogP contribution in [-0.2, 0) is 17.9 Å². The molecule has 0 aliphatic carbocycles. The zero-order chi connectivity index (χ0) is 18.1. The van der Waals surface area contributed by atoms with Gasteiger partial charge in [-0.05, 0) is 23.1 Å². The number of nitrogens with one attached hydrogen (secondary N) is 1. The van der Waals surface area contributed by atoms with E-state index in [-0.39, 0.29) is 19.6 Å². The van der Waals surface area contributed by atoms with Crippen LogP contribution in [0.2, 0.25) is 0 Å². The summed E-state index contributed by atoms with van der Waals surface area (Å²) in [5.41, 5.74) is 7.95. The molecule has 2 aromatic rings. The number of ether oxygens (including phenoxy) is 1. The van der Waals surface area contributed by atoms with Crippen molar-refractivity contribution in [1.82, 2.24) is 5.32 Å². The molecule has 6 heteroatoms. The van der Waals surface area contributed by atoms with E-state index in [1.807, 2.05) is 36.4 Å². The second-order valence-electron chi connectivity index (χ2n) is 5.74. The Balaban J connectivity index is 1.71. The molecule has 0 heterocycles. The third-order valence-electron chi connectivity index (χ3n) is 3.81. The van der Waals surface area contributed by atoms with Crippen LogP contribution in [-0.4, -0.2) is 29.0 Å². The zero-order valence-electron chi connectivity index (χ0n) is 14.0. The lowest BCUT2D eigenvalue weighted by atomic mass is 10.00. The molecular weight excluding hydrogens is 320 g/mol. The molecular formula is C19H24N2O4. The summed E-state index contributed by atoms with van der Waals surface area (Å²) in [5.74, 6) is 0. The number of hydrogen-bond acceptors (Lipinski definition) is 5. The molecule has 2 unspecified atom stereocenters. The van der Waals surface area contributed by atoms with Crippen LogP contribution in [0.5, 0.6) is 0 Å². The van der Waals surface area contributed by atoms with E-state index >= 15 is 0 Å². The second-order valence-corrected chi connectivity index (χ2v) is 5.74. The number of nitrogens with two attached hydrogens (primary N) is 1. The number of hydrogen-bond donors (Lipinski definition) is 4. The fraction of sp³-hybridized carbons (Fsp3) is 0.316. The van der Waals surface area contributed by atoms with Crippen LogP contribution in [0.25, 0.3) is 0 Å². The summed E-state index contributed by atoms with van der Waals surface area (Å²) < 4.78 is 5.08. The number of aliphatic hydroxyl groups excluding tert-OH is 2. The van der Waals surface area contributed by atoms with Gasteiger partial charge in [0.05, 0.1) is 6.10 Å². The summed E-state index contributed by atoms with van der Waals surface area (Å²) in [6, 6.07) is 16.5. The SMILES string of the molecule is NCc1cccc(C(O)C(O)CCNC(=O)OCc2ccccc2)c1. The van der Waals surface area contributed by atoms with Gasteiger partial charge >= 0.3 is 6.09 Å². The van der Waals surface area contributed by atoms with Gasteiger partial charge in [0.1, 0.15) is 12.7 Å². The van der Waals surface area contributed by atoms with Crippen LogP contribution in [0.4, 0.5) is 4.79 Å². The van der Waals surface area contributed by atoms with Crippen LogP contribution >= 0.6 is 0 Å². The van der Waals surface area contributed by atoms with Crippen molar-refractivity contribution in [3.8, 4) is 0 Å². The van der Waals surface area contributed by atoms with Gasteiger partial charge in [0, 0.05) is 13.1 Å². The number of benzene rings is 2. The summed E-state index contributed by atoms with van der Waals surface area (Å²) >= 11 is 0. The maximum Gasteiger partial charge on any atom is 0.407 e. The highest BCUT2D eigenvalue weighted by molar-refractivity contribution is 5.67. The first-order valence-electron chi connectivity index (χ1n) is 8.19. The number of alkyl carbamates (subject to hydrolysis) is 1. The summed E-state index contributed by atoms with van der Waals surface area (Å²) in [6.07, 6.45) is -2.39. The molecule has 6 nitrogen and oxygen atoms in total. The topological polar surface area (TPSA) is 105 Å². The lowest BCUT2D eigenvalue weighted by Gasteiger charge is -2.19. The highest BCUT2D eigenvalue weighted by Gasteiger charge is 2.18. The lowest BCUT2D eigenvalue weighted by Crippen LogP contribution is -2.29. The lowest BCUT2D eigenvalue weighted by molar-refractivity contribution is 0.0136. The first-order valence-corrected chi connectivity index (χ1v) is 8.19. The minimum absolute atomic E-state index is 0.184. The number of aliphatic hydroxyl groups is 2. The highest BCUT2D eigenvalue weighted by atomic mass is 16.5. The Morgan fingerprint density at radius 2 is 1.80 bits per heavy atom. The Kier molecular flexibility index (Phi) is 7.40. The average molecular weight is 344 g/mol. The van der Waals surface area contributed by atoms with Crippen molar-refractivity contribution in [2.75, 3.05) is 6.54 Å².